The van der Waals surface area contributed by atoms with Gasteiger partial charge in [0.05, 0.1) is 36.6 Å². The van der Waals surface area contributed by atoms with Gasteiger partial charge in [-0.05, 0) is 30.2 Å². The largest absolute Gasteiger partial charge is 0.480 e. The molecule has 0 bridgehead atoms. The van der Waals surface area contributed by atoms with Gasteiger partial charge in [-0.1, -0.05) is 71.4 Å². The number of rotatable bonds is 17. The average Bonchev–Trinajstić information content (AvgIpc) is 3.44. The molecule has 0 radical (unpaired) electrons. The smallest absolute Gasteiger partial charge is 0.326 e. The average molecular weight is 590 g/mol. The van der Waals surface area contributed by atoms with Crippen molar-refractivity contribution in [2.24, 2.45) is 17.8 Å². The molecule has 0 saturated carbocycles. The van der Waals surface area contributed by atoms with E-state index in [4.69, 9.17) is 9.47 Å². The fourth-order valence-corrected chi connectivity index (χ4v) is 5.76. The highest BCUT2D eigenvalue weighted by molar-refractivity contribution is 5.85. The van der Waals surface area contributed by atoms with Crippen LogP contribution in [0.2, 0.25) is 0 Å². The van der Waals surface area contributed by atoms with Crippen LogP contribution in [0.4, 0.5) is 0 Å². The minimum absolute atomic E-state index is 0.0601. The summed E-state index contributed by atoms with van der Waals surface area (Å²) in [6.07, 6.45) is 1.73. The summed E-state index contributed by atoms with van der Waals surface area (Å²) in [5.41, 5.74) is 0.803. The number of carboxylic acids is 1. The molecule has 1 aromatic carbocycles. The molecule has 2 unspecified atom stereocenters. The molecule has 2 rings (SSSR count). The van der Waals surface area contributed by atoms with Gasteiger partial charge in [0.15, 0.2) is 0 Å². The standard InChI is InChI=1S/C32H51N3O7/c1-8-21(4)29(34-27(36)17-20(2)3)26(41-6)19-28(37)35-16-12-15-25(35)30(42-7)22(5)31(38)33-24(32(39)40)18-23-13-10-9-11-14-23/h9-11,13-14,20-22,24-26,29-30H,8,12,15-19H2,1-7H3,(H,33,38)(H,34,36)(H,39,40)/t21-,22?,24-,25?,26+,29-,30+/m0/s1. The number of methoxy groups -OCH3 is 2. The first-order chi connectivity index (χ1) is 19.9. The van der Waals surface area contributed by atoms with Crippen LogP contribution in [-0.4, -0.2) is 84.8 Å². The highest BCUT2D eigenvalue weighted by atomic mass is 16.5. The quantitative estimate of drug-likeness (QED) is 0.254. The van der Waals surface area contributed by atoms with Gasteiger partial charge < -0.3 is 30.1 Å². The van der Waals surface area contributed by atoms with Crippen LogP contribution in [0.25, 0.3) is 0 Å². The Morgan fingerprint density at radius 2 is 1.67 bits per heavy atom. The lowest BCUT2D eigenvalue weighted by atomic mass is 9.91. The molecule has 0 spiro atoms. The molecule has 1 fully saturated rings. The molecule has 1 aliphatic heterocycles. The molecule has 236 valence electrons. The number of amides is 3. The number of likely N-dealkylation sites (tertiary alicyclic amines) is 1. The van der Waals surface area contributed by atoms with Crippen LogP contribution in [0.5, 0.6) is 0 Å². The third-order valence-corrected chi connectivity index (χ3v) is 8.33. The Morgan fingerprint density at radius 3 is 2.21 bits per heavy atom. The molecule has 10 heteroatoms. The summed E-state index contributed by atoms with van der Waals surface area (Å²) < 4.78 is 11.6. The summed E-state index contributed by atoms with van der Waals surface area (Å²) in [4.78, 5) is 53.3. The molecule has 1 aromatic rings. The van der Waals surface area contributed by atoms with Gasteiger partial charge in [-0.3, -0.25) is 14.4 Å². The molecule has 3 amide bonds. The summed E-state index contributed by atoms with van der Waals surface area (Å²) in [5, 5.41) is 15.5. The SMILES string of the molecule is CC[C@H](C)[C@H](NC(=O)CC(C)C)[C@@H](CC(=O)N1CCCC1[C@H](OC)C(C)C(=O)N[C@@H](Cc1ccccc1)C(=O)O)OC. The summed E-state index contributed by atoms with van der Waals surface area (Å²) in [6.45, 7) is 10.3. The van der Waals surface area contributed by atoms with E-state index in [2.05, 4.69) is 10.6 Å². The van der Waals surface area contributed by atoms with Gasteiger partial charge in [0.2, 0.25) is 17.7 Å². The maximum atomic E-state index is 13.7. The predicted octanol–water partition coefficient (Wildman–Crippen LogP) is 3.42. The van der Waals surface area contributed by atoms with Gasteiger partial charge >= 0.3 is 5.97 Å². The Labute approximate surface area is 250 Å². The fourth-order valence-electron chi connectivity index (χ4n) is 5.76. The number of ether oxygens (including phenoxy) is 2. The zero-order valence-electron chi connectivity index (χ0n) is 26.3. The topological polar surface area (TPSA) is 134 Å². The fraction of sp³-hybridized carbons (Fsp3) is 0.688. The number of hydrogen-bond acceptors (Lipinski definition) is 6. The molecule has 1 saturated heterocycles. The third kappa shape index (κ3) is 10.1. The maximum Gasteiger partial charge on any atom is 0.326 e. The van der Waals surface area contributed by atoms with Crippen molar-refractivity contribution in [3.05, 3.63) is 35.9 Å². The van der Waals surface area contributed by atoms with E-state index in [9.17, 15) is 24.3 Å². The van der Waals surface area contributed by atoms with E-state index in [1.807, 2.05) is 58.0 Å². The number of carboxylic acid groups (broad SMARTS) is 1. The van der Waals surface area contributed by atoms with Crippen molar-refractivity contribution in [3.63, 3.8) is 0 Å². The molecular weight excluding hydrogens is 538 g/mol. The second-order valence-electron chi connectivity index (χ2n) is 11.9. The summed E-state index contributed by atoms with van der Waals surface area (Å²) in [5.74, 6) is -2.14. The predicted molar refractivity (Wildman–Crippen MR) is 161 cm³/mol. The number of hydrogen-bond donors (Lipinski definition) is 3. The van der Waals surface area contributed by atoms with Crippen LogP contribution in [-0.2, 0) is 35.1 Å². The Morgan fingerprint density at radius 1 is 1.00 bits per heavy atom. The minimum atomic E-state index is -1.12. The van der Waals surface area contributed by atoms with E-state index < -0.39 is 36.0 Å². The van der Waals surface area contributed by atoms with Gasteiger partial charge in [-0.15, -0.1) is 0 Å². The number of benzene rings is 1. The number of carbonyl (C=O) groups excluding carboxylic acids is 3. The van der Waals surface area contributed by atoms with Gasteiger partial charge in [0.1, 0.15) is 6.04 Å². The van der Waals surface area contributed by atoms with Crippen molar-refractivity contribution in [2.75, 3.05) is 20.8 Å². The monoisotopic (exact) mass is 589 g/mol. The van der Waals surface area contributed by atoms with Gasteiger partial charge in [-0.25, -0.2) is 4.79 Å². The van der Waals surface area contributed by atoms with Crippen molar-refractivity contribution < 1.29 is 33.8 Å². The molecular formula is C32H51N3O7. The number of nitrogens with zero attached hydrogens (tertiary/aromatic N) is 1. The summed E-state index contributed by atoms with van der Waals surface area (Å²) in [7, 11) is 3.07. The van der Waals surface area contributed by atoms with E-state index in [-0.39, 0.29) is 48.6 Å². The van der Waals surface area contributed by atoms with Crippen LogP contribution >= 0.6 is 0 Å². The highest BCUT2D eigenvalue weighted by Crippen LogP contribution is 2.28. The zero-order chi connectivity index (χ0) is 31.4. The number of nitrogens with one attached hydrogen (secondary N) is 2. The highest BCUT2D eigenvalue weighted by Gasteiger charge is 2.41. The number of carbonyl (C=O) groups is 4. The minimum Gasteiger partial charge on any atom is -0.480 e. The molecule has 1 heterocycles. The van der Waals surface area contributed by atoms with E-state index in [0.29, 0.717) is 19.4 Å². The Hall–Kier alpha value is -2.98. The van der Waals surface area contributed by atoms with Gasteiger partial charge in [-0.2, -0.15) is 0 Å². The second kappa shape index (κ2) is 17.2. The Balaban J connectivity index is 2.14. The van der Waals surface area contributed by atoms with Crippen LogP contribution in [0.1, 0.15) is 72.3 Å². The molecule has 10 nitrogen and oxygen atoms in total. The summed E-state index contributed by atoms with van der Waals surface area (Å²) >= 11 is 0. The van der Waals surface area contributed by atoms with Crippen LogP contribution in [0.3, 0.4) is 0 Å². The normalized spacial score (nSPS) is 19.4. The lowest BCUT2D eigenvalue weighted by Crippen LogP contribution is -2.54. The van der Waals surface area contributed by atoms with Crippen molar-refractivity contribution in [1.29, 1.82) is 0 Å². The molecule has 0 aliphatic carbocycles. The summed E-state index contributed by atoms with van der Waals surface area (Å²) in [6, 6.07) is 7.37. The maximum absolute atomic E-state index is 13.7. The van der Waals surface area contributed by atoms with Crippen LogP contribution in [0, 0.1) is 17.8 Å². The van der Waals surface area contributed by atoms with E-state index in [1.54, 1.807) is 18.9 Å². The molecule has 0 aromatic heterocycles. The van der Waals surface area contributed by atoms with E-state index in [0.717, 1.165) is 18.4 Å². The lowest BCUT2D eigenvalue weighted by Gasteiger charge is -2.36. The van der Waals surface area contributed by atoms with E-state index >= 15 is 0 Å². The molecule has 42 heavy (non-hydrogen) atoms. The second-order valence-corrected chi connectivity index (χ2v) is 11.9. The van der Waals surface area contributed by atoms with Crippen molar-refractivity contribution >= 4 is 23.7 Å². The first-order valence-corrected chi connectivity index (χ1v) is 15.1. The number of aliphatic carboxylic acids is 1. The van der Waals surface area contributed by atoms with Crippen LogP contribution < -0.4 is 10.6 Å². The first kappa shape index (κ1) is 35.2. The van der Waals surface area contributed by atoms with Gasteiger partial charge in [0.25, 0.3) is 0 Å². The Kier molecular flexibility index (Phi) is 14.4. The lowest BCUT2D eigenvalue weighted by molar-refractivity contribution is -0.145. The van der Waals surface area contributed by atoms with Crippen LogP contribution in [0.15, 0.2) is 30.3 Å². The van der Waals surface area contributed by atoms with Crippen molar-refractivity contribution in [1.82, 2.24) is 15.5 Å². The van der Waals surface area contributed by atoms with Gasteiger partial charge in [0, 0.05) is 33.6 Å². The van der Waals surface area contributed by atoms with Crippen molar-refractivity contribution in [3.8, 4) is 0 Å². The zero-order valence-corrected chi connectivity index (χ0v) is 26.3. The van der Waals surface area contributed by atoms with E-state index in [1.165, 1.54) is 7.11 Å². The Bertz CT molecular complexity index is 1020. The first-order valence-electron chi connectivity index (χ1n) is 15.1. The molecule has 3 N–H and O–H groups in total. The third-order valence-electron chi connectivity index (χ3n) is 8.33. The van der Waals surface area contributed by atoms with Crippen molar-refractivity contribution in [2.45, 2.75) is 103 Å². The molecule has 1 aliphatic rings. The molecule has 7 atom stereocenters.